The molecule has 3 heterocycles. The summed E-state index contributed by atoms with van der Waals surface area (Å²) in [6, 6.07) is 3.77. The summed E-state index contributed by atoms with van der Waals surface area (Å²) in [5.74, 6) is 1.40. The Morgan fingerprint density at radius 3 is 2.95 bits per heavy atom. The highest BCUT2D eigenvalue weighted by Gasteiger charge is 2.30. The lowest BCUT2D eigenvalue weighted by atomic mass is 9.88. The Hall–Kier alpha value is -2.08. The fraction of sp³-hybridized carbons (Fsp3) is 0.231. The van der Waals surface area contributed by atoms with Gasteiger partial charge in [0.2, 0.25) is 12.7 Å². The van der Waals surface area contributed by atoms with Crippen molar-refractivity contribution in [1.82, 2.24) is 4.98 Å². The molecule has 0 aliphatic carbocycles. The monoisotopic (exact) mass is 274 g/mol. The summed E-state index contributed by atoms with van der Waals surface area (Å²) in [7, 11) is 0. The zero-order valence-electron chi connectivity index (χ0n) is 9.88. The van der Waals surface area contributed by atoms with Gasteiger partial charge in [-0.25, -0.2) is 4.98 Å². The summed E-state index contributed by atoms with van der Waals surface area (Å²) in [6.07, 6.45) is 0.413. The molecule has 0 spiro atoms. The molecule has 0 saturated heterocycles. The number of anilines is 1. The largest absolute Gasteiger partial charge is 0.454 e. The van der Waals surface area contributed by atoms with Crippen LogP contribution >= 0.6 is 11.3 Å². The van der Waals surface area contributed by atoms with Crippen LogP contribution < -0.4 is 14.8 Å². The molecule has 19 heavy (non-hydrogen) atoms. The van der Waals surface area contributed by atoms with Crippen LogP contribution in [0.25, 0.3) is 0 Å². The lowest BCUT2D eigenvalue weighted by Gasteiger charge is -2.24. The predicted molar refractivity (Wildman–Crippen MR) is 69.8 cm³/mol. The Labute approximate surface area is 113 Å². The molecule has 6 heteroatoms. The minimum absolute atomic E-state index is 0.00404. The first kappa shape index (κ1) is 10.8. The Morgan fingerprint density at radius 2 is 2.16 bits per heavy atom. The average Bonchev–Trinajstić information content (AvgIpc) is 3.06. The van der Waals surface area contributed by atoms with Crippen LogP contribution in [0, 0.1) is 0 Å². The molecule has 2 aliphatic heterocycles. The van der Waals surface area contributed by atoms with Gasteiger partial charge in [0, 0.05) is 29.5 Å². The van der Waals surface area contributed by atoms with Crippen LogP contribution in [-0.2, 0) is 4.79 Å². The molecule has 5 nitrogen and oxygen atoms in total. The first-order valence-corrected chi connectivity index (χ1v) is 6.87. The van der Waals surface area contributed by atoms with Gasteiger partial charge in [-0.1, -0.05) is 0 Å². The molecule has 96 valence electrons. The van der Waals surface area contributed by atoms with Gasteiger partial charge < -0.3 is 14.8 Å². The Morgan fingerprint density at radius 1 is 1.32 bits per heavy atom. The molecular formula is C13H10N2O3S. The van der Waals surface area contributed by atoms with Gasteiger partial charge >= 0.3 is 0 Å². The number of rotatable bonds is 1. The highest BCUT2D eigenvalue weighted by molar-refractivity contribution is 7.07. The first-order valence-electron chi connectivity index (χ1n) is 5.93. The van der Waals surface area contributed by atoms with Crippen molar-refractivity contribution in [3.63, 3.8) is 0 Å². The van der Waals surface area contributed by atoms with Crippen LogP contribution in [0.4, 0.5) is 5.69 Å². The molecular weight excluding hydrogens is 264 g/mol. The summed E-state index contributed by atoms with van der Waals surface area (Å²) >= 11 is 1.54. The van der Waals surface area contributed by atoms with E-state index in [1.165, 1.54) is 11.3 Å². The summed E-state index contributed by atoms with van der Waals surface area (Å²) in [4.78, 5) is 16.2. The quantitative estimate of drug-likeness (QED) is 0.867. The number of hydrogen-bond donors (Lipinski definition) is 1. The van der Waals surface area contributed by atoms with Crippen molar-refractivity contribution < 1.29 is 14.3 Å². The second-order valence-corrected chi connectivity index (χ2v) is 5.23. The van der Waals surface area contributed by atoms with Crippen molar-refractivity contribution in [3.8, 4) is 11.5 Å². The topological polar surface area (TPSA) is 60.5 Å². The number of nitrogens with zero attached hydrogens (tertiary/aromatic N) is 1. The minimum Gasteiger partial charge on any atom is -0.454 e. The molecule has 1 amide bonds. The molecule has 0 saturated carbocycles. The van der Waals surface area contributed by atoms with Crippen molar-refractivity contribution in [2.45, 2.75) is 12.3 Å². The summed E-state index contributed by atoms with van der Waals surface area (Å²) in [5.41, 5.74) is 4.54. The van der Waals surface area contributed by atoms with E-state index < -0.39 is 0 Å². The Bertz CT molecular complexity index is 654. The van der Waals surface area contributed by atoms with E-state index in [4.69, 9.17) is 9.47 Å². The summed E-state index contributed by atoms with van der Waals surface area (Å²) in [6.45, 7) is 0.230. The predicted octanol–water partition coefficient (Wildman–Crippen LogP) is 2.35. The number of aromatic nitrogens is 1. The number of nitrogens with one attached hydrogen (secondary N) is 1. The SMILES string of the molecule is O=C1CC(c2cscn2)c2cc3c(cc2N1)OCO3. The van der Waals surface area contributed by atoms with E-state index in [9.17, 15) is 4.79 Å². The lowest BCUT2D eigenvalue weighted by molar-refractivity contribution is -0.116. The highest BCUT2D eigenvalue weighted by atomic mass is 32.1. The maximum atomic E-state index is 11.8. The van der Waals surface area contributed by atoms with E-state index >= 15 is 0 Å². The van der Waals surface area contributed by atoms with Crippen LogP contribution in [0.5, 0.6) is 11.5 Å². The van der Waals surface area contributed by atoms with E-state index in [2.05, 4.69) is 10.3 Å². The number of thiazole rings is 1. The first-order chi connectivity index (χ1) is 9.31. The highest BCUT2D eigenvalue weighted by Crippen LogP contribution is 2.44. The van der Waals surface area contributed by atoms with Gasteiger partial charge in [-0.05, 0) is 11.6 Å². The standard InChI is InChI=1S/C13H10N2O3S/c16-13-2-8(10-4-19-5-14-10)7-1-11-12(18-6-17-11)3-9(7)15-13/h1,3-5,8H,2,6H2,(H,15,16). The molecule has 0 bridgehead atoms. The fourth-order valence-electron chi connectivity index (χ4n) is 2.51. The van der Waals surface area contributed by atoms with Crippen molar-refractivity contribution in [2.24, 2.45) is 0 Å². The number of carbonyl (C=O) groups is 1. The van der Waals surface area contributed by atoms with Gasteiger partial charge in [-0.2, -0.15) is 0 Å². The van der Waals surface area contributed by atoms with Crippen molar-refractivity contribution in [3.05, 3.63) is 34.3 Å². The second-order valence-electron chi connectivity index (χ2n) is 4.51. The number of benzene rings is 1. The molecule has 2 aromatic rings. The molecule has 1 unspecified atom stereocenters. The molecule has 1 atom stereocenters. The number of hydrogen-bond acceptors (Lipinski definition) is 5. The van der Waals surface area contributed by atoms with Gasteiger partial charge in [0.15, 0.2) is 11.5 Å². The molecule has 2 aliphatic rings. The fourth-order valence-corrected chi connectivity index (χ4v) is 3.12. The van der Waals surface area contributed by atoms with Crippen LogP contribution in [0.1, 0.15) is 23.6 Å². The van der Waals surface area contributed by atoms with Crippen LogP contribution in [-0.4, -0.2) is 17.7 Å². The van der Waals surface area contributed by atoms with Crippen LogP contribution in [0.15, 0.2) is 23.0 Å². The smallest absolute Gasteiger partial charge is 0.231 e. The van der Waals surface area contributed by atoms with Gasteiger partial charge in [-0.3, -0.25) is 4.79 Å². The Balaban J connectivity index is 1.87. The summed E-state index contributed by atoms with van der Waals surface area (Å²) < 4.78 is 10.7. The number of amides is 1. The van der Waals surface area contributed by atoms with E-state index in [0.29, 0.717) is 12.2 Å². The van der Waals surface area contributed by atoms with Gasteiger partial charge in [0.25, 0.3) is 0 Å². The van der Waals surface area contributed by atoms with E-state index in [1.54, 1.807) is 5.51 Å². The minimum atomic E-state index is -0.00972. The van der Waals surface area contributed by atoms with E-state index in [1.807, 2.05) is 17.5 Å². The van der Waals surface area contributed by atoms with Crippen molar-refractivity contribution >= 4 is 22.9 Å². The third-order valence-corrected chi connectivity index (χ3v) is 4.00. The van der Waals surface area contributed by atoms with Gasteiger partial charge in [-0.15, -0.1) is 11.3 Å². The van der Waals surface area contributed by atoms with E-state index in [-0.39, 0.29) is 18.6 Å². The summed E-state index contributed by atoms with van der Waals surface area (Å²) in [5, 5.41) is 4.87. The third-order valence-electron chi connectivity index (χ3n) is 3.39. The number of fused-ring (bicyclic) bond motifs is 2. The average molecular weight is 274 g/mol. The zero-order valence-corrected chi connectivity index (χ0v) is 10.7. The number of carbonyl (C=O) groups excluding carboxylic acids is 1. The second kappa shape index (κ2) is 3.96. The van der Waals surface area contributed by atoms with Gasteiger partial charge in [0.1, 0.15) is 0 Å². The van der Waals surface area contributed by atoms with Crippen molar-refractivity contribution in [1.29, 1.82) is 0 Å². The maximum Gasteiger partial charge on any atom is 0.231 e. The number of ether oxygens (including phenoxy) is 2. The molecule has 1 aromatic heterocycles. The molecule has 4 rings (SSSR count). The molecule has 0 fully saturated rings. The lowest BCUT2D eigenvalue weighted by Crippen LogP contribution is -2.23. The van der Waals surface area contributed by atoms with E-state index in [0.717, 1.165) is 22.7 Å². The maximum absolute atomic E-state index is 11.8. The van der Waals surface area contributed by atoms with Gasteiger partial charge in [0.05, 0.1) is 11.2 Å². The van der Waals surface area contributed by atoms with Crippen molar-refractivity contribution in [2.75, 3.05) is 12.1 Å². The molecule has 1 N–H and O–H groups in total. The van der Waals surface area contributed by atoms with Crippen LogP contribution in [0.2, 0.25) is 0 Å². The molecule has 0 radical (unpaired) electrons. The van der Waals surface area contributed by atoms with Crippen LogP contribution in [0.3, 0.4) is 0 Å². The normalized spacial score (nSPS) is 20.0. The Kier molecular flexibility index (Phi) is 2.25. The molecule has 1 aromatic carbocycles. The zero-order chi connectivity index (χ0) is 12.8. The third kappa shape index (κ3) is 1.67.